The largest absolute Gasteiger partial charge is 0.357 e. The standard InChI is InChI=1S/C15H13BrN2S/c1-10-4-2-3-5-11(10)9-17-15-18-13-7-6-12(16)8-14(13)19-15/h2-8H,9H2,1H3,(H,17,18). The molecule has 0 unspecified atom stereocenters. The minimum Gasteiger partial charge on any atom is -0.357 e. The number of thiazole rings is 1. The molecular weight excluding hydrogens is 320 g/mol. The number of fused-ring (bicyclic) bond motifs is 1. The van der Waals surface area contributed by atoms with Crippen molar-refractivity contribution in [3.63, 3.8) is 0 Å². The van der Waals surface area contributed by atoms with Gasteiger partial charge in [0, 0.05) is 11.0 Å². The lowest BCUT2D eigenvalue weighted by molar-refractivity contribution is 1.11. The fourth-order valence-electron chi connectivity index (χ4n) is 1.95. The predicted octanol–water partition coefficient (Wildman–Crippen LogP) is 4.98. The zero-order valence-electron chi connectivity index (χ0n) is 10.5. The van der Waals surface area contributed by atoms with Crippen LogP contribution in [0, 0.1) is 6.92 Å². The lowest BCUT2D eigenvalue weighted by Gasteiger charge is -2.05. The van der Waals surface area contributed by atoms with Crippen LogP contribution >= 0.6 is 27.3 Å². The van der Waals surface area contributed by atoms with Gasteiger partial charge in [-0.15, -0.1) is 0 Å². The number of anilines is 1. The van der Waals surface area contributed by atoms with Crippen LogP contribution in [0.5, 0.6) is 0 Å². The van der Waals surface area contributed by atoms with Crippen LogP contribution in [0.25, 0.3) is 10.2 Å². The van der Waals surface area contributed by atoms with Gasteiger partial charge in [0.2, 0.25) is 0 Å². The van der Waals surface area contributed by atoms with Crippen molar-refractivity contribution < 1.29 is 0 Å². The van der Waals surface area contributed by atoms with Gasteiger partial charge in [-0.05, 0) is 36.2 Å². The Morgan fingerprint density at radius 3 is 2.89 bits per heavy atom. The highest BCUT2D eigenvalue weighted by atomic mass is 79.9. The summed E-state index contributed by atoms with van der Waals surface area (Å²) in [4.78, 5) is 4.59. The van der Waals surface area contributed by atoms with Crippen LogP contribution in [0.15, 0.2) is 46.9 Å². The molecule has 0 bridgehead atoms. The lowest BCUT2D eigenvalue weighted by atomic mass is 10.1. The molecule has 0 aliphatic rings. The molecule has 0 atom stereocenters. The predicted molar refractivity (Wildman–Crippen MR) is 85.8 cm³/mol. The Balaban J connectivity index is 1.80. The maximum absolute atomic E-state index is 4.59. The minimum atomic E-state index is 0.813. The Labute approximate surface area is 124 Å². The van der Waals surface area contributed by atoms with E-state index in [1.54, 1.807) is 11.3 Å². The van der Waals surface area contributed by atoms with Gasteiger partial charge in [0.15, 0.2) is 5.13 Å². The van der Waals surface area contributed by atoms with E-state index in [0.29, 0.717) is 0 Å². The van der Waals surface area contributed by atoms with E-state index in [9.17, 15) is 0 Å². The maximum atomic E-state index is 4.59. The fraction of sp³-hybridized carbons (Fsp3) is 0.133. The van der Waals surface area contributed by atoms with E-state index in [0.717, 1.165) is 21.7 Å². The molecule has 96 valence electrons. The zero-order valence-corrected chi connectivity index (χ0v) is 12.9. The van der Waals surface area contributed by atoms with Crippen molar-refractivity contribution in [3.8, 4) is 0 Å². The van der Waals surface area contributed by atoms with Crippen molar-refractivity contribution >= 4 is 42.6 Å². The summed E-state index contributed by atoms with van der Waals surface area (Å²) >= 11 is 5.17. The quantitative estimate of drug-likeness (QED) is 0.731. The monoisotopic (exact) mass is 332 g/mol. The van der Waals surface area contributed by atoms with Gasteiger partial charge >= 0.3 is 0 Å². The molecule has 0 fully saturated rings. The molecule has 0 aliphatic heterocycles. The highest BCUT2D eigenvalue weighted by Gasteiger charge is 2.04. The molecule has 2 nitrogen and oxygen atoms in total. The van der Waals surface area contributed by atoms with Crippen molar-refractivity contribution in [3.05, 3.63) is 58.1 Å². The van der Waals surface area contributed by atoms with Crippen LogP contribution in [0.4, 0.5) is 5.13 Å². The molecule has 0 amide bonds. The highest BCUT2D eigenvalue weighted by Crippen LogP contribution is 2.28. The Kier molecular flexibility index (Phi) is 3.53. The molecule has 2 aromatic carbocycles. The van der Waals surface area contributed by atoms with Gasteiger partial charge < -0.3 is 5.32 Å². The second-order valence-corrected chi connectivity index (χ2v) is 6.36. The second kappa shape index (κ2) is 5.31. The summed E-state index contributed by atoms with van der Waals surface area (Å²) in [5, 5.41) is 4.37. The normalized spacial score (nSPS) is 10.8. The second-order valence-electron chi connectivity index (χ2n) is 4.41. The first-order chi connectivity index (χ1) is 9.22. The van der Waals surface area contributed by atoms with E-state index in [4.69, 9.17) is 0 Å². The SMILES string of the molecule is Cc1ccccc1CNc1nc2ccc(Br)cc2s1. The zero-order chi connectivity index (χ0) is 13.2. The average Bonchev–Trinajstić information content (AvgIpc) is 2.79. The molecule has 1 N–H and O–H groups in total. The van der Waals surface area contributed by atoms with Crippen LogP contribution in [0.1, 0.15) is 11.1 Å². The molecule has 0 saturated heterocycles. The van der Waals surface area contributed by atoms with Crippen molar-refractivity contribution in [2.24, 2.45) is 0 Å². The first-order valence-corrected chi connectivity index (χ1v) is 7.68. The number of aryl methyl sites for hydroxylation is 1. The maximum Gasteiger partial charge on any atom is 0.184 e. The smallest absolute Gasteiger partial charge is 0.184 e. The van der Waals surface area contributed by atoms with Gasteiger partial charge in [0.05, 0.1) is 10.2 Å². The number of hydrogen-bond acceptors (Lipinski definition) is 3. The number of aromatic nitrogens is 1. The summed E-state index contributed by atoms with van der Waals surface area (Å²) in [7, 11) is 0. The van der Waals surface area contributed by atoms with E-state index in [1.807, 2.05) is 12.1 Å². The summed E-state index contributed by atoms with van der Waals surface area (Å²) in [6.45, 7) is 2.94. The van der Waals surface area contributed by atoms with Gasteiger partial charge in [-0.25, -0.2) is 4.98 Å². The molecular formula is C15H13BrN2S. The average molecular weight is 333 g/mol. The van der Waals surface area contributed by atoms with Gasteiger partial charge in [-0.2, -0.15) is 0 Å². The number of halogens is 1. The van der Waals surface area contributed by atoms with Crippen molar-refractivity contribution in [1.29, 1.82) is 0 Å². The lowest BCUT2D eigenvalue weighted by Crippen LogP contribution is -2.00. The van der Waals surface area contributed by atoms with Gasteiger partial charge in [-0.3, -0.25) is 0 Å². The summed E-state index contributed by atoms with van der Waals surface area (Å²) in [6, 6.07) is 14.6. The number of rotatable bonds is 3. The molecule has 4 heteroatoms. The summed E-state index contributed by atoms with van der Waals surface area (Å²) in [5.74, 6) is 0. The Bertz CT molecular complexity index is 721. The third-order valence-corrected chi connectivity index (χ3v) is 4.51. The topological polar surface area (TPSA) is 24.9 Å². The molecule has 0 spiro atoms. The number of nitrogens with one attached hydrogen (secondary N) is 1. The van der Waals surface area contributed by atoms with Crippen LogP contribution in [0.3, 0.4) is 0 Å². The van der Waals surface area contributed by atoms with E-state index in [1.165, 1.54) is 15.8 Å². The van der Waals surface area contributed by atoms with Crippen molar-refractivity contribution in [2.45, 2.75) is 13.5 Å². The number of nitrogens with zero attached hydrogens (tertiary/aromatic N) is 1. The molecule has 19 heavy (non-hydrogen) atoms. The first-order valence-electron chi connectivity index (χ1n) is 6.07. The summed E-state index contributed by atoms with van der Waals surface area (Å²) < 4.78 is 2.29. The highest BCUT2D eigenvalue weighted by molar-refractivity contribution is 9.10. The van der Waals surface area contributed by atoms with Gasteiger partial charge in [0.1, 0.15) is 0 Å². The van der Waals surface area contributed by atoms with E-state index >= 15 is 0 Å². The fourth-order valence-corrected chi connectivity index (χ4v) is 3.37. The molecule has 3 aromatic rings. The van der Waals surface area contributed by atoms with E-state index in [2.05, 4.69) is 63.5 Å². The molecule has 1 heterocycles. The third-order valence-electron chi connectivity index (χ3n) is 3.04. The van der Waals surface area contributed by atoms with Crippen molar-refractivity contribution in [2.75, 3.05) is 5.32 Å². The number of hydrogen-bond donors (Lipinski definition) is 1. The van der Waals surface area contributed by atoms with Crippen LogP contribution in [-0.4, -0.2) is 4.98 Å². The summed E-state index contributed by atoms with van der Waals surface area (Å²) in [6.07, 6.45) is 0. The van der Waals surface area contributed by atoms with Crippen LogP contribution in [-0.2, 0) is 6.54 Å². The molecule has 0 aliphatic carbocycles. The third kappa shape index (κ3) is 2.80. The van der Waals surface area contributed by atoms with Crippen molar-refractivity contribution in [1.82, 2.24) is 4.98 Å². The Hall–Kier alpha value is -1.39. The van der Waals surface area contributed by atoms with Crippen LogP contribution < -0.4 is 5.32 Å². The first kappa shape index (κ1) is 12.6. The minimum absolute atomic E-state index is 0.813. The number of benzene rings is 2. The summed E-state index contributed by atoms with van der Waals surface area (Å²) in [5.41, 5.74) is 3.65. The Morgan fingerprint density at radius 1 is 1.21 bits per heavy atom. The van der Waals surface area contributed by atoms with Gasteiger partial charge in [0.25, 0.3) is 0 Å². The molecule has 3 rings (SSSR count). The van der Waals surface area contributed by atoms with E-state index in [-0.39, 0.29) is 0 Å². The van der Waals surface area contributed by atoms with Gasteiger partial charge in [-0.1, -0.05) is 51.5 Å². The Morgan fingerprint density at radius 2 is 2.05 bits per heavy atom. The molecule has 0 saturated carbocycles. The van der Waals surface area contributed by atoms with Crippen LogP contribution in [0.2, 0.25) is 0 Å². The van der Waals surface area contributed by atoms with E-state index < -0.39 is 0 Å². The molecule has 1 aromatic heterocycles. The molecule has 0 radical (unpaired) electrons.